The van der Waals surface area contributed by atoms with Gasteiger partial charge in [-0.05, 0) is 13.3 Å². The van der Waals surface area contributed by atoms with Gasteiger partial charge < -0.3 is 25.0 Å². The Bertz CT molecular complexity index is 358. The van der Waals surface area contributed by atoms with Crippen LogP contribution in [0.5, 0.6) is 0 Å². The van der Waals surface area contributed by atoms with Crippen LogP contribution in [0.4, 0.5) is 0 Å². The van der Waals surface area contributed by atoms with Crippen molar-refractivity contribution < 1.29 is 14.3 Å². The normalized spacial score (nSPS) is 16.8. The van der Waals surface area contributed by atoms with E-state index in [0.717, 1.165) is 19.4 Å². The second kappa shape index (κ2) is 11.0. The molecule has 0 radical (unpaired) electrons. The first-order valence-electron chi connectivity index (χ1n) is 7.47. The summed E-state index contributed by atoms with van der Waals surface area (Å²) in [6.45, 7) is 6.92. The average molecular weight is 428 g/mol. The van der Waals surface area contributed by atoms with E-state index >= 15 is 0 Å². The van der Waals surface area contributed by atoms with Crippen LogP contribution in [0.1, 0.15) is 26.7 Å². The maximum atomic E-state index is 11.6. The Balaban J connectivity index is 0.00000441. The molecule has 0 aromatic heterocycles. The Morgan fingerprint density at radius 1 is 1.23 bits per heavy atom. The molecule has 0 atom stereocenters. The molecule has 2 N–H and O–H groups in total. The van der Waals surface area contributed by atoms with Crippen molar-refractivity contribution >= 4 is 35.8 Å². The molecule has 1 heterocycles. The molecule has 0 aromatic carbocycles. The number of hydrogen-bond acceptors (Lipinski definition) is 4. The Kier molecular flexibility index (Phi) is 10.7. The van der Waals surface area contributed by atoms with Gasteiger partial charge in [0.15, 0.2) is 11.7 Å². The zero-order valence-corrected chi connectivity index (χ0v) is 16.3. The summed E-state index contributed by atoms with van der Waals surface area (Å²) in [6.07, 6.45) is 1.72. The standard InChI is InChI=1S/C14H28N4O3.HI/c1-5-7-15-13(17-11-12(19)18(3)4)16-8-6-14(2)20-9-10-21-14;/h5-11H2,1-4H3,(H2,15,16,17);1H. The quantitative estimate of drug-likeness (QED) is 0.357. The molecule has 0 aliphatic carbocycles. The summed E-state index contributed by atoms with van der Waals surface area (Å²) >= 11 is 0. The molecule has 0 spiro atoms. The number of ether oxygens (including phenoxy) is 2. The zero-order chi connectivity index (χ0) is 15.7. The Hall–Kier alpha value is -0.610. The van der Waals surface area contributed by atoms with E-state index in [4.69, 9.17) is 9.47 Å². The average Bonchev–Trinajstić information content (AvgIpc) is 2.87. The van der Waals surface area contributed by atoms with Crippen LogP contribution in [0.2, 0.25) is 0 Å². The predicted molar refractivity (Wildman–Crippen MR) is 97.6 cm³/mol. The minimum absolute atomic E-state index is 0. The molecular formula is C14H29IN4O3. The van der Waals surface area contributed by atoms with E-state index in [-0.39, 0.29) is 36.4 Å². The topological polar surface area (TPSA) is 75.2 Å². The molecule has 1 fully saturated rings. The molecule has 1 saturated heterocycles. The van der Waals surface area contributed by atoms with Crippen molar-refractivity contribution in [2.75, 3.05) is 46.9 Å². The smallest absolute Gasteiger partial charge is 0.243 e. The van der Waals surface area contributed by atoms with Crippen LogP contribution in [0.3, 0.4) is 0 Å². The lowest BCUT2D eigenvalue weighted by atomic mass is 10.2. The number of aliphatic imine (C=N–C) groups is 1. The summed E-state index contributed by atoms with van der Waals surface area (Å²) in [6, 6.07) is 0. The number of guanidine groups is 1. The number of carbonyl (C=O) groups is 1. The van der Waals surface area contributed by atoms with Gasteiger partial charge in [-0.1, -0.05) is 6.92 Å². The first-order chi connectivity index (χ1) is 9.97. The molecular weight excluding hydrogens is 399 g/mol. The predicted octanol–water partition coefficient (Wildman–Crippen LogP) is 0.791. The van der Waals surface area contributed by atoms with Gasteiger partial charge in [-0.25, -0.2) is 4.99 Å². The van der Waals surface area contributed by atoms with Crippen molar-refractivity contribution in [2.45, 2.75) is 32.5 Å². The SMILES string of the molecule is CCCNC(=NCC(=O)N(C)C)NCCC1(C)OCCO1.I. The number of nitrogens with one attached hydrogen (secondary N) is 2. The van der Waals surface area contributed by atoms with Crippen molar-refractivity contribution in [3.63, 3.8) is 0 Å². The van der Waals surface area contributed by atoms with Crippen LogP contribution in [-0.4, -0.2) is 69.5 Å². The zero-order valence-electron chi connectivity index (χ0n) is 14.0. The Morgan fingerprint density at radius 2 is 1.82 bits per heavy atom. The third-order valence-corrected chi connectivity index (χ3v) is 3.18. The van der Waals surface area contributed by atoms with E-state index in [1.165, 1.54) is 4.90 Å². The lowest BCUT2D eigenvalue weighted by Gasteiger charge is -2.23. The van der Waals surface area contributed by atoms with E-state index in [1.54, 1.807) is 14.1 Å². The Morgan fingerprint density at radius 3 is 2.36 bits per heavy atom. The maximum Gasteiger partial charge on any atom is 0.243 e. The van der Waals surface area contributed by atoms with Crippen LogP contribution in [0, 0.1) is 0 Å². The molecule has 7 nitrogen and oxygen atoms in total. The highest BCUT2D eigenvalue weighted by Gasteiger charge is 2.30. The fraction of sp³-hybridized carbons (Fsp3) is 0.857. The van der Waals surface area contributed by atoms with Gasteiger partial charge in [0.25, 0.3) is 0 Å². The number of rotatable bonds is 7. The molecule has 0 aromatic rings. The summed E-state index contributed by atoms with van der Waals surface area (Å²) in [5.74, 6) is 0.109. The third-order valence-electron chi connectivity index (χ3n) is 3.18. The lowest BCUT2D eigenvalue weighted by Crippen LogP contribution is -2.41. The monoisotopic (exact) mass is 428 g/mol. The minimum atomic E-state index is -0.512. The summed E-state index contributed by atoms with van der Waals surface area (Å²) in [5, 5.41) is 6.40. The van der Waals surface area contributed by atoms with Crippen molar-refractivity contribution in [3.8, 4) is 0 Å². The molecule has 1 amide bonds. The first kappa shape index (κ1) is 21.4. The molecule has 130 valence electrons. The third kappa shape index (κ3) is 8.14. The number of amides is 1. The number of likely N-dealkylation sites (N-methyl/N-ethyl adjacent to an activating group) is 1. The second-order valence-electron chi connectivity index (χ2n) is 5.39. The van der Waals surface area contributed by atoms with Gasteiger partial charge in [0.1, 0.15) is 6.54 Å². The van der Waals surface area contributed by atoms with Crippen molar-refractivity contribution in [2.24, 2.45) is 4.99 Å². The van der Waals surface area contributed by atoms with Gasteiger partial charge in [-0.15, -0.1) is 24.0 Å². The molecule has 0 saturated carbocycles. The highest BCUT2D eigenvalue weighted by Crippen LogP contribution is 2.21. The van der Waals surface area contributed by atoms with Crippen LogP contribution < -0.4 is 10.6 Å². The van der Waals surface area contributed by atoms with Crippen LogP contribution >= 0.6 is 24.0 Å². The van der Waals surface area contributed by atoms with Gasteiger partial charge in [0.2, 0.25) is 5.91 Å². The van der Waals surface area contributed by atoms with Crippen molar-refractivity contribution in [1.29, 1.82) is 0 Å². The van der Waals surface area contributed by atoms with Crippen LogP contribution in [-0.2, 0) is 14.3 Å². The van der Waals surface area contributed by atoms with Gasteiger partial charge >= 0.3 is 0 Å². The summed E-state index contributed by atoms with van der Waals surface area (Å²) < 4.78 is 11.1. The highest BCUT2D eigenvalue weighted by atomic mass is 127. The fourth-order valence-corrected chi connectivity index (χ4v) is 1.81. The molecule has 0 unspecified atom stereocenters. The molecule has 22 heavy (non-hydrogen) atoms. The van der Waals surface area contributed by atoms with Crippen LogP contribution in [0.25, 0.3) is 0 Å². The molecule has 0 bridgehead atoms. The van der Waals surface area contributed by atoms with Gasteiger partial charge in [0, 0.05) is 33.6 Å². The van der Waals surface area contributed by atoms with Gasteiger partial charge in [0.05, 0.1) is 13.2 Å². The van der Waals surface area contributed by atoms with Gasteiger partial charge in [-0.3, -0.25) is 4.79 Å². The van der Waals surface area contributed by atoms with E-state index in [0.29, 0.717) is 25.7 Å². The number of hydrogen-bond donors (Lipinski definition) is 2. The van der Waals surface area contributed by atoms with E-state index in [1.807, 2.05) is 6.92 Å². The first-order valence-corrected chi connectivity index (χ1v) is 7.47. The summed E-state index contributed by atoms with van der Waals surface area (Å²) in [4.78, 5) is 17.4. The summed E-state index contributed by atoms with van der Waals surface area (Å²) in [7, 11) is 3.44. The Labute approximate surface area is 150 Å². The number of carbonyl (C=O) groups excluding carboxylic acids is 1. The largest absolute Gasteiger partial charge is 0.356 e. The fourth-order valence-electron chi connectivity index (χ4n) is 1.81. The molecule has 8 heteroatoms. The van der Waals surface area contributed by atoms with E-state index in [2.05, 4.69) is 22.5 Å². The van der Waals surface area contributed by atoms with Crippen molar-refractivity contribution in [1.82, 2.24) is 15.5 Å². The molecule has 1 rings (SSSR count). The number of halogens is 1. The van der Waals surface area contributed by atoms with E-state index in [9.17, 15) is 4.79 Å². The summed E-state index contributed by atoms with van der Waals surface area (Å²) in [5.41, 5.74) is 0. The maximum absolute atomic E-state index is 11.6. The van der Waals surface area contributed by atoms with Crippen molar-refractivity contribution in [3.05, 3.63) is 0 Å². The lowest BCUT2D eigenvalue weighted by molar-refractivity contribution is -0.145. The number of nitrogens with zero attached hydrogens (tertiary/aromatic N) is 2. The van der Waals surface area contributed by atoms with Crippen LogP contribution in [0.15, 0.2) is 4.99 Å². The highest BCUT2D eigenvalue weighted by molar-refractivity contribution is 14.0. The van der Waals surface area contributed by atoms with E-state index < -0.39 is 5.79 Å². The molecule has 1 aliphatic heterocycles. The second-order valence-corrected chi connectivity index (χ2v) is 5.39. The van der Waals surface area contributed by atoms with Gasteiger partial charge in [-0.2, -0.15) is 0 Å². The minimum Gasteiger partial charge on any atom is -0.356 e. The molecule has 1 aliphatic rings.